The number of amides is 1. The minimum Gasteiger partial charge on any atom is -0.479 e. The summed E-state index contributed by atoms with van der Waals surface area (Å²) < 4.78 is 6.64. The molecule has 0 unspecified atom stereocenters. The fraction of sp³-hybridized carbons (Fsp3) is 0.467. The van der Waals surface area contributed by atoms with Gasteiger partial charge in [-0.3, -0.25) is 9.48 Å². The second-order valence-corrected chi connectivity index (χ2v) is 5.82. The Hall–Kier alpha value is -1.86. The van der Waals surface area contributed by atoms with Crippen LogP contribution < -0.4 is 10.1 Å². The highest BCUT2D eigenvalue weighted by molar-refractivity contribution is 7.07. The molecule has 2 N–H and O–H groups in total. The second kappa shape index (κ2) is 7.95. The molecule has 1 atom stereocenters. The molecule has 0 saturated carbocycles. The smallest absolute Gasteiger partial charge is 0.258 e. The lowest BCUT2D eigenvalue weighted by molar-refractivity contribution is 0.0949. The van der Waals surface area contributed by atoms with E-state index in [1.54, 1.807) is 29.3 Å². The number of aliphatic hydroxyl groups excluding tert-OH is 1. The Kier molecular flexibility index (Phi) is 5.97. The number of methoxy groups -OCH3 is 1. The SMILES string of the molecule is COc1nn(C)cc1C(=O)NCC[C@@H](CCO)c1ccsc1. The number of hydrogen-bond donors (Lipinski definition) is 2. The molecule has 120 valence electrons. The standard InChI is InChI=1S/C15H21N3O3S/c1-18-9-13(15(17-18)21-2)14(20)16-6-3-11(4-7-19)12-5-8-22-10-12/h5,8-11,19H,3-4,6-7H2,1-2H3,(H,16,20)/t11-/m0/s1. The van der Waals surface area contributed by atoms with Crippen LogP contribution in [0.4, 0.5) is 0 Å². The molecule has 7 heteroatoms. The summed E-state index contributed by atoms with van der Waals surface area (Å²) in [6.45, 7) is 0.683. The van der Waals surface area contributed by atoms with E-state index < -0.39 is 0 Å². The van der Waals surface area contributed by atoms with Crippen LogP contribution in [-0.4, -0.2) is 41.1 Å². The van der Waals surface area contributed by atoms with Crippen LogP contribution in [0.25, 0.3) is 0 Å². The van der Waals surface area contributed by atoms with Crippen molar-refractivity contribution >= 4 is 17.2 Å². The summed E-state index contributed by atoms with van der Waals surface area (Å²) in [6, 6.07) is 2.07. The van der Waals surface area contributed by atoms with E-state index in [2.05, 4.69) is 21.9 Å². The maximum absolute atomic E-state index is 12.2. The quantitative estimate of drug-likeness (QED) is 0.776. The predicted molar refractivity (Wildman–Crippen MR) is 85.5 cm³/mol. The van der Waals surface area contributed by atoms with Gasteiger partial charge in [-0.2, -0.15) is 11.3 Å². The number of thiophene rings is 1. The molecular weight excluding hydrogens is 302 g/mol. The molecule has 0 spiro atoms. The zero-order valence-electron chi connectivity index (χ0n) is 12.8. The van der Waals surface area contributed by atoms with E-state index in [1.165, 1.54) is 12.7 Å². The van der Waals surface area contributed by atoms with Crippen molar-refractivity contribution in [1.29, 1.82) is 0 Å². The number of carbonyl (C=O) groups excluding carboxylic acids is 1. The van der Waals surface area contributed by atoms with Crippen molar-refractivity contribution in [3.63, 3.8) is 0 Å². The minimum absolute atomic E-state index is 0.144. The third-order valence-corrected chi connectivity index (χ3v) is 4.20. The molecule has 0 aliphatic carbocycles. The number of nitrogens with zero attached hydrogens (tertiary/aromatic N) is 2. The Morgan fingerprint density at radius 2 is 2.36 bits per heavy atom. The highest BCUT2D eigenvalue weighted by atomic mass is 32.1. The van der Waals surface area contributed by atoms with Crippen LogP contribution >= 0.6 is 11.3 Å². The number of rotatable bonds is 8. The topological polar surface area (TPSA) is 76.4 Å². The zero-order chi connectivity index (χ0) is 15.9. The highest BCUT2D eigenvalue weighted by Crippen LogP contribution is 2.25. The first-order chi connectivity index (χ1) is 10.7. The number of nitrogens with one attached hydrogen (secondary N) is 1. The summed E-state index contributed by atoms with van der Waals surface area (Å²) in [5.41, 5.74) is 1.64. The van der Waals surface area contributed by atoms with Gasteiger partial charge in [0.25, 0.3) is 5.91 Å². The second-order valence-electron chi connectivity index (χ2n) is 5.04. The molecule has 0 aromatic carbocycles. The number of carbonyl (C=O) groups is 1. The molecule has 2 heterocycles. The van der Waals surface area contributed by atoms with Gasteiger partial charge in [0.1, 0.15) is 5.56 Å². The summed E-state index contributed by atoms with van der Waals surface area (Å²) in [5.74, 6) is 0.384. The van der Waals surface area contributed by atoms with Gasteiger partial charge in [0.05, 0.1) is 7.11 Å². The summed E-state index contributed by atoms with van der Waals surface area (Å²) in [7, 11) is 3.24. The monoisotopic (exact) mass is 323 g/mol. The first kappa shape index (κ1) is 16.5. The molecule has 0 bridgehead atoms. The molecule has 6 nitrogen and oxygen atoms in total. The van der Waals surface area contributed by atoms with Crippen LogP contribution in [0.2, 0.25) is 0 Å². The summed E-state index contributed by atoms with van der Waals surface area (Å²) in [4.78, 5) is 12.2. The Bertz CT molecular complexity index is 595. The van der Waals surface area contributed by atoms with Gasteiger partial charge in [-0.05, 0) is 41.1 Å². The van der Waals surface area contributed by atoms with Crippen molar-refractivity contribution in [1.82, 2.24) is 15.1 Å². The normalized spacial score (nSPS) is 12.1. The molecule has 2 aromatic rings. The van der Waals surface area contributed by atoms with Gasteiger partial charge in [0.15, 0.2) is 0 Å². The molecule has 22 heavy (non-hydrogen) atoms. The van der Waals surface area contributed by atoms with Gasteiger partial charge in [-0.1, -0.05) is 0 Å². The highest BCUT2D eigenvalue weighted by Gasteiger charge is 2.17. The number of aromatic nitrogens is 2. The van der Waals surface area contributed by atoms with E-state index in [0.717, 1.165) is 6.42 Å². The largest absolute Gasteiger partial charge is 0.479 e. The third-order valence-electron chi connectivity index (χ3n) is 3.50. The lowest BCUT2D eigenvalue weighted by Crippen LogP contribution is -2.26. The minimum atomic E-state index is -0.196. The van der Waals surface area contributed by atoms with E-state index in [0.29, 0.717) is 24.4 Å². The Labute approximate surface area is 133 Å². The Balaban J connectivity index is 1.90. The van der Waals surface area contributed by atoms with Crippen molar-refractivity contribution < 1.29 is 14.6 Å². The Morgan fingerprint density at radius 1 is 1.55 bits per heavy atom. The lowest BCUT2D eigenvalue weighted by atomic mass is 9.95. The molecule has 0 radical (unpaired) electrons. The van der Waals surface area contributed by atoms with Gasteiger partial charge in [-0.15, -0.1) is 5.10 Å². The van der Waals surface area contributed by atoms with Crippen LogP contribution in [-0.2, 0) is 7.05 Å². The Morgan fingerprint density at radius 3 is 3.00 bits per heavy atom. The van der Waals surface area contributed by atoms with E-state index in [9.17, 15) is 9.90 Å². The zero-order valence-corrected chi connectivity index (χ0v) is 13.6. The number of hydrogen-bond acceptors (Lipinski definition) is 5. The maximum Gasteiger partial charge on any atom is 0.258 e. The van der Waals surface area contributed by atoms with E-state index >= 15 is 0 Å². The molecule has 1 amide bonds. The summed E-state index contributed by atoms with van der Waals surface area (Å²) in [6.07, 6.45) is 3.12. The van der Waals surface area contributed by atoms with Crippen molar-refractivity contribution in [3.05, 3.63) is 34.2 Å². The molecular formula is C15H21N3O3S. The summed E-state index contributed by atoms with van der Waals surface area (Å²) in [5, 5.41) is 20.3. The molecule has 0 aliphatic heterocycles. The van der Waals surface area contributed by atoms with Gasteiger partial charge in [0.2, 0.25) is 5.88 Å². The van der Waals surface area contributed by atoms with Gasteiger partial charge >= 0.3 is 0 Å². The van der Waals surface area contributed by atoms with Crippen LogP contribution in [0.15, 0.2) is 23.0 Å². The van der Waals surface area contributed by atoms with Gasteiger partial charge in [-0.25, -0.2) is 0 Å². The first-order valence-electron chi connectivity index (χ1n) is 7.14. The van der Waals surface area contributed by atoms with Gasteiger partial charge in [0, 0.05) is 26.4 Å². The number of aliphatic hydroxyl groups is 1. The van der Waals surface area contributed by atoms with E-state index in [-0.39, 0.29) is 18.4 Å². The number of ether oxygens (including phenoxy) is 1. The number of aryl methyl sites for hydroxylation is 1. The average Bonchev–Trinajstić information content (AvgIpc) is 3.15. The molecule has 0 aliphatic rings. The van der Waals surface area contributed by atoms with Crippen molar-refractivity contribution in [2.75, 3.05) is 20.3 Å². The molecule has 2 rings (SSSR count). The lowest BCUT2D eigenvalue weighted by Gasteiger charge is -2.14. The van der Waals surface area contributed by atoms with Crippen molar-refractivity contribution in [2.45, 2.75) is 18.8 Å². The fourth-order valence-electron chi connectivity index (χ4n) is 2.37. The average molecular weight is 323 g/mol. The van der Waals surface area contributed by atoms with Crippen LogP contribution in [0.5, 0.6) is 5.88 Å². The predicted octanol–water partition coefficient (Wildman–Crippen LogP) is 1.78. The molecule has 0 saturated heterocycles. The van der Waals surface area contributed by atoms with Gasteiger partial charge < -0.3 is 15.2 Å². The fourth-order valence-corrected chi connectivity index (χ4v) is 3.11. The molecule has 0 fully saturated rings. The third kappa shape index (κ3) is 4.08. The van der Waals surface area contributed by atoms with E-state index in [1.807, 2.05) is 5.38 Å². The van der Waals surface area contributed by atoms with E-state index in [4.69, 9.17) is 4.74 Å². The first-order valence-corrected chi connectivity index (χ1v) is 8.08. The van der Waals surface area contributed by atoms with Crippen molar-refractivity contribution in [2.24, 2.45) is 7.05 Å². The summed E-state index contributed by atoms with van der Waals surface area (Å²) >= 11 is 1.64. The van der Waals surface area contributed by atoms with Crippen LogP contribution in [0, 0.1) is 0 Å². The van der Waals surface area contributed by atoms with Crippen LogP contribution in [0.3, 0.4) is 0 Å². The molecule has 2 aromatic heterocycles. The maximum atomic E-state index is 12.2. The van der Waals surface area contributed by atoms with Crippen molar-refractivity contribution in [3.8, 4) is 5.88 Å². The van der Waals surface area contributed by atoms with Crippen LogP contribution in [0.1, 0.15) is 34.7 Å².